The van der Waals surface area contributed by atoms with Crippen molar-refractivity contribution in [1.82, 2.24) is 15.0 Å². The van der Waals surface area contributed by atoms with Crippen molar-refractivity contribution in [2.24, 2.45) is 0 Å². The van der Waals surface area contributed by atoms with Crippen LogP contribution in [-0.4, -0.2) is 46.8 Å². The number of benzene rings is 1. The van der Waals surface area contributed by atoms with Crippen LogP contribution < -0.4 is 4.74 Å². The number of methoxy groups -OCH3 is 1. The Labute approximate surface area is 145 Å². The van der Waals surface area contributed by atoms with Crippen molar-refractivity contribution in [3.8, 4) is 5.75 Å². The normalized spacial score (nSPS) is 28.0. The van der Waals surface area contributed by atoms with Crippen molar-refractivity contribution in [3.63, 3.8) is 0 Å². The van der Waals surface area contributed by atoms with Crippen LogP contribution in [0.5, 0.6) is 5.75 Å². The standard InChI is InChI=1S/C18H21N3O4/c1-10-13-6-4-5-7-15(13)24-16(10)18(22)21-9-12(23-3)8-14(21)17-19-11(2)20-25-17/h4-7,10,12,14,16H,8-9H2,1-3H3/t10-,12-,14-,16+/m1/s1. The molecule has 4 atom stereocenters. The molecule has 0 radical (unpaired) electrons. The van der Waals surface area contributed by atoms with E-state index in [9.17, 15) is 4.79 Å². The summed E-state index contributed by atoms with van der Waals surface area (Å²) >= 11 is 0. The molecule has 0 spiro atoms. The number of carbonyl (C=O) groups excluding carboxylic acids is 1. The van der Waals surface area contributed by atoms with E-state index in [4.69, 9.17) is 14.0 Å². The summed E-state index contributed by atoms with van der Waals surface area (Å²) in [5.41, 5.74) is 1.06. The summed E-state index contributed by atoms with van der Waals surface area (Å²) in [5, 5.41) is 3.85. The van der Waals surface area contributed by atoms with E-state index < -0.39 is 6.10 Å². The number of hydrogen-bond acceptors (Lipinski definition) is 6. The average Bonchev–Trinajstić information content (AvgIpc) is 3.31. The minimum Gasteiger partial charge on any atom is -0.480 e. The monoisotopic (exact) mass is 343 g/mol. The van der Waals surface area contributed by atoms with Crippen LogP contribution in [0.25, 0.3) is 0 Å². The number of rotatable bonds is 3. The first-order valence-electron chi connectivity index (χ1n) is 8.47. The molecule has 0 saturated carbocycles. The molecule has 1 aromatic heterocycles. The second kappa shape index (κ2) is 6.15. The predicted molar refractivity (Wildman–Crippen MR) is 88.2 cm³/mol. The number of likely N-dealkylation sites (tertiary alicyclic amines) is 1. The van der Waals surface area contributed by atoms with E-state index >= 15 is 0 Å². The zero-order valence-corrected chi connectivity index (χ0v) is 14.5. The Morgan fingerprint density at radius 2 is 2.16 bits per heavy atom. The largest absolute Gasteiger partial charge is 0.480 e. The summed E-state index contributed by atoms with van der Waals surface area (Å²) in [7, 11) is 1.65. The summed E-state index contributed by atoms with van der Waals surface area (Å²) < 4.78 is 16.8. The maximum Gasteiger partial charge on any atom is 0.265 e. The lowest BCUT2D eigenvalue weighted by atomic mass is 9.96. The highest BCUT2D eigenvalue weighted by Gasteiger charge is 2.46. The van der Waals surface area contributed by atoms with Gasteiger partial charge in [-0.05, 0) is 13.0 Å². The molecule has 132 valence electrons. The fourth-order valence-electron chi connectivity index (χ4n) is 3.69. The Balaban J connectivity index is 1.60. The lowest BCUT2D eigenvalue weighted by Crippen LogP contribution is -2.42. The molecule has 7 heteroatoms. The maximum absolute atomic E-state index is 13.2. The van der Waals surface area contributed by atoms with E-state index in [1.54, 1.807) is 18.9 Å². The minimum atomic E-state index is -0.542. The summed E-state index contributed by atoms with van der Waals surface area (Å²) in [6, 6.07) is 7.51. The molecule has 1 aromatic carbocycles. The zero-order valence-electron chi connectivity index (χ0n) is 14.5. The zero-order chi connectivity index (χ0) is 17.6. The average molecular weight is 343 g/mol. The highest BCUT2D eigenvalue weighted by Crippen LogP contribution is 2.41. The molecule has 0 bridgehead atoms. The first-order chi connectivity index (χ1) is 12.1. The predicted octanol–water partition coefficient (Wildman–Crippen LogP) is 2.23. The van der Waals surface area contributed by atoms with Gasteiger partial charge in [0.2, 0.25) is 5.89 Å². The van der Waals surface area contributed by atoms with Crippen molar-refractivity contribution in [3.05, 3.63) is 41.5 Å². The van der Waals surface area contributed by atoms with Crippen LogP contribution in [0.15, 0.2) is 28.8 Å². The lowest BCUT2D eigenvalue weighted by Gasteiger charge is -2.26. The Morgan fingerprint density at radius 3 is 2.84 bits per heavy atom. The second-order valence-electron chi connectivity index (χ2n) is 6.64. The number of hydrogen-bond donors (Lipinski definition) is 0. The van der Waals surface area contributed by atoms with E-state index in [1.165, 1.54) is 0 Å². The Kier molecular flexibility index (Phi) is 3.95. The molecule has 0 aliphatic carbocycles. The van der Waals surface area contributed by atoms with E-state index in [2.05, 4.69) is 10.1 Å². The quantitative estimate of drug-likeness (QED) is 0.850. The van der Waals surface area contributed by atoms with Gasteiger partial charge in [-0.15, -0.1) is 0 Å². The molecule has 7 nitrogen and oxygen atoms in total. The third-order valence-corrected chi connectivity index (χ3v) is 5.07. The van der Waals surface area contributed by atoms with Crippen LogP contribution in [0, 0.1) is 6.92 Å². The topological polar surface area (TPSA) is 77.7 Å². The first kappa shape index (κ1) is 16.1. The van der Waals surface area contributed by atoms with Gasteiger partial charge in [0.1, 0.15) is 11.8 Å². The van der Waals surface area contributed by atoms with Crippen LogP contribution in [0.3, 0.4) is 0 Å². The van der Waals surface area contributed by atoms with Crippen molar-refractivity contribution < 1.29 is 18.8 Å². The number of ether oxygens (including phenoxy) is 2. The van der Waals surface area contributed by atoms with Crippen molar-refractivity contribution in [2.45, 2.75) is 44.4 Å². The van der Waals surface area contributed by atoms with Gasteiger partial charge in [0, 0.05) is 31.6 Å². The van der Waals surface area contributed by atoms with Gasteiger partial charge in [0.15, 0.2) is 11.9 Å². The molecular formula is C18H21N3O4. The fourth-order valence-corrected chi connectivity index (χ4v) is 3.69. The summed E-state index contributed by atoms with van der Waals surface area (Å²) in [4.78, 5) is 19.3. The highest BCUT2D eigenvalue weighted by molar-refractivity contribution is 5.84. The van der Waals surface area contributed by atoms with E-state index in [-0.39, 0.29) is 24.0 Å². The van der Waals surface area contributed by atoms with Crippen LogP contribution in [-0.2, 0) is 9.53 Å². The number of carbonyl (C=O) groups is 1. The van der Waals surface area contributed by atoms with E-state index in [0.29, 0.717) is 24.7 Å². The van der Waals surface area contributed by atoms with Gasteiger partial charge in [-0.25, -0.2) is 0 Å². The molecule has 1 fully saturated rings. The molecule has 25 heavy (non-hydrogen) atoms. The third-order valence-electron chi connectivity index (χ3n) is 5.07. The van der Waals surface area contributed by atoms with Gasteiger partial charge in [-0.1, -0.05) is 30.3 Å². The van der Waals surface area contributed by atoms with E-state index in [1.807, 2.05) is 31.2 Å². The number of aryl methyl sites for hydroxylation is 1. The van der Waals surface area contributed by atoms with Gasteiger partial charge in [0.05, 0.1) is 6.10 Å². The smallest absolute Gasteiger partial charge is 0.265 e. The van der Waals surface area contributed by atoms with Crippen LogP contribution in [0.4, 0.5) is 0 Å². The number of fused-ring (bicyclic) bond motifs is 1. The third kappa shape index (κ3) is 2.68. The van der Waals surface area contributed by atoms with Gasteiger partial charge in [-0.2, -0.15) is 4.98 Å². The molecule has 1 amide bonds. The van der Waals surface area contributed by atoms with E-state index in [0.717, 1.165) is 11.3 Å². The maximum atomic E-state index is 13.2. The SMILES string of the molecule is CO[C@@H]1C[C@H](c2nc(C)no2)N(C(=O)[C@H]2Oc3ccccc3[C@H]2C)C1. The molecule has 2 aromatic rings. The van der Waals surface area contributed by atoms with Gasteiger partial charge < -0.3 is 18.9 Å². The van der Waals surface area contributed by atoms with Crippen molar-refractivity contribution in [1.29, 1.82) is 0 Å². The molecule has 2 aliphatic rings. The molecule has 3 heterocycles. The molecule has 0 unspecified atom stereocenters. The Morgan fingerprint density at radius 1 is 1.36 bits per heavy atom. The van der Waals surface area contributed by atoms with Crippen LogP contribution in [0.1, 0.15) is 42.6 Å². The Hall–Kier alpha value is -2.41. The second-order valence-corrected chi connectivity index (χ2v) is 6.64. The number of nitrogens with zero attached hydrogens (tertiary/aromatic N) is 3. The van der Waals surface area contributed by atoms with Gasteiger partial charge in [-0.3, -0.25) is 4.79 Å². The van der Waals surface area contributed by atoms with Gasteiger partial charge in [0.25, 0.3) is 5.91 Å². The summed E-state index contributed by atoms with van der Waals surface area (Å²) in [5.74, 6) is 1.72. The van der Waals surface area contributed by atoms with Gasteiger partial charge >= 0.3 is 0 Å². The molecular weight excluding hydrogens is 322 g/mol. The highest BCUT2D eigenvalue weighted by atomic mass is 16.5. The summed E-state index contributed by atoms with van der Waals surface area (Å²) in [6.45, 7) is 4.27. The van der Waals surface area contributed by atoms with Crippen LogP contribution in [0.2, 0.25) is 0 Å². The minimum absolute atomic E-state index is 0.00429. The molecule has 1 saturated heterocycles. The summed E-state index contributed by atoms with van der Waals surface area (Å²) in [6.07, 6.45) is 0.0394. The molecule has 0 N–H and O–H groups in total. The van der Waals surface area contributed by atoms with Crippen molar-refractivity contribution >= 4 is 5.91 Å². The molecule has 4 rings (SSSR count). The molecule has 2 aliphatic heterocycles. The van der Waals surface area contributed by atoms with Crippen molar-refractivity contribution in [2.75, 3.05) is 13.7 Å². The Bertz CT molecular complexity index is 790. The number of aromatic nitrogens is 2. The number of para-hydroxylation sites is 1. The number of amides is 1. The van der Waals surface area contributed by atoms with Crippen LogP contribution >= 0.6 is 0 Å². The first-order valence-corrected chi connectivity index (χ1v) is 8.47. The lowest BCUT2D eigenvalue weighted by molar-refractivity contribution is -0.140. The fraction of sp³-hybridized carbons (Fsp3) is 0.500.